The lowest BCUT2D eigenvalue weighted by atomic mass is 10.1. The predicted molar refractivity (Wildman–Crippen MR) is 68.3 cm³/mol. The number of benzene rings is 1. The number of H-pyrrole nitrogens is 1. The normalized spacial score (nSPS) is 14.4. The van der Waals surface area contributed by atoms with Crippen molar-refractivity contribution >= 4 is 16.8 Å². The first kappa shape index (κ1) is 12.6. The number of aliphatic hydroxyl groups excluding tert-OH is 1. The Balaban J connectivity index is 2.08. The summed E-state index contributed by atoms with van der Waals surface area (Å²) in [5.74, 6) is -0.278. The molecule has 0 fully saturated rings. The fraction of sp³-hybridized carbons (Fsp3) is 0.308. The molecular weight excluding hydrogens is 232 g/mol. The molecule has 2 aromatic rings. The van der Waals surface area contributed by atoms with Crippen molar-refractivity contribution in [3.05, 3.63) is 36.0 Å². The maximum absolute atomic E-state index is 11.9. The number of hydrogen-bond acceptors (Lipinski definition) is 3. The number of aromatic amines is 1. The van der Waals surface area contributed by atoms with Crippen LogP contribution in [0.2, 0.25) is 0 Å². The lowest BCUT2D eigenvalue weighted by molar-refractivity contribution is 0.00320. The Kier molecular flexibility index (Phi) is 3.36. The monoisotopic (exact) mass is 248 g/mol. The predicted octanol–water partition coefficient (Wildman–Crippen LogP) is 0.641. The van der Waals surface area contributed by atoms with Crippen LogP contribution >= 0.6 is 0 Å². The zero-order valence-electron chi connectivity index (χ0n) is 10.1. The molecule has 0 saturated heterocycles. The van der Waals surface area contributed by atoms with Crippen LogP contribution in [-0.2, 0) is 0 Å². The number of aliphatic hydroxyl groups is 2. The van der Waals surface area contributed by atoms with Gasteiger partial charge in [0.1, 0.15) is 5.60 Å². The SMILES string of the molecule is CC(O)(CO)CNC(=O)c1ccc2cc[nH]c2c1. The highest BCUT2D eigenvalue weighted by Crippen LogP contribution is 2.14. The molecule has 1 aromatic carbocycles. The van der Waals surface area contributed by atoms with Crippen LogP contribution in [0.15, 0.2) is 30.5 Å². The van der Waals surface area contributed by atoms with Crippen molar-refractivity contribution in [3.8, 4) is 0 Å². The van der Waals surface area contributed by atoms with E-state index in [-0.39, 0.29) is 12.5 Å². The average Bonchev–Trinajstić information content (AvgIpc) is 2.83. The van der Waals surface area contributed by atoms with Crippen molar-refractivity contribution in [2.45, 2.75) is 12.5 Å². The van der Waals surface area contributed by atoms with E-state index in [0.717, 1.165) is 10.9 Å². The van der Waals surface area contributed by atoms with Crippen molar-refractivity contribution < 1.29 is 15.0 Å². The van der Waals surface area contributed by atoms with Crippen LogP contribution in [0.25, 0.3) is 10.9 Å². The summed E-state index contributed by atoms with van der Waals surface area (Å²) in [6.45, 7) is 1.06. The first-order valence-corrected chi connectivity index (χ1v) is 5.70. The van der Waals surface area contributed by atoms with Gasteiger partial charge >= 0.3 is 0 Å². The first-order valence-electron chi connectivity index (χ1n) is 5.70. The maximum atomic E-state index is 11.9. The molecular formula is C13H16N2O3. The molecule has 0 aliphatic heterocycles. The molecule has 0 radical (unpaired) electrons. The van der Waals surface area contributed by atoms with Gasteiger partial charge in [0.15, 0.2) is 0 Å². The van der Waals surface area contributed by atoms with E-state index in [1.807, 2.05) is 18.3 Å². The molecule has 1 amide bonds. The quantitative estimate of drug-likeness (QED) is 0.640. The van der Waals surface area contributed by atoms with Crippen LogP contribution in [-0.4, -0.2) is 39.9 Å². The summed E-state index contributed by atoms with van der Waals surface area (Å²) < 4.78 is 0. The fourth-order valence-corrected chi connectivity index (χ4v) is 1.62. The highest BCUT2D eigenvalue weighted by Gasteiger charge is 2.20. The Morgan fingerprint density at radius 1 is 1.44 bits per heavy atom. The minimum atomic E-state index is -1.30. The lowest BCUT2D eigenvalue weighted by Gasteiger charge is -2.20. The number of amides is 1. The molecule has 0 aliphatic rings. The lowest BCUT2D eigenvalue weighted by Crippen LogP contribution is -2.43. The molecule has 1 unspecified atom stereocenters. The number of hydrogen-bond donors (Lipinski definition) is 4. The van der Waals surface area contributed by atoms with E-state index in [4.69, 9.17) is 5.11 Å². The van der Waals surface area contributed by atoms with E-state index in [0.29, 0.717) is 5.56 Å². The minimum Gasteiger partial charge on any atom is -0.393 e. The molecule has 0 aliphatic carbocycles. The topological polar surface area (TPSA) is 85.3 Å². The van der Waals surface area contributed by atoms with Crippen LogP contribution in [0, 0.1) is 0 Å². The highest BCUT2D eigenvalue weighted by molar-refractivity contribution is 5.97. The van der Waals surface area contributed by atoms with Crippen LogP contribution in [0.3, 0.4) is 0 Å². The first-order chi connectivity index (χ1) is 8.52. The van der Waals surface area contributed by atoms with E-state index in [1.165, 1.54) is 6.92 Å². The standard InChI is InChI=1S/C13H16N2O3/c1-13(18,8-16)7-15-12(17)10-3-2-9-4-5-14-11(9)6-10/h2-6,14,16,18H,7-8H2,1H3,(H,15,17). The molecule has 1 atom stereocenters. The molecule has 0 spiro atoms. The third kappa shape index (κ3) is 2.69. The van der Waals surface area contributed by atoms with Crippen LogP contribution in [0.4, 0.5) is 0 Å². The van der Waals surface area contributed by atoms with E-state index < -0.39 is 12.2 Å². The van der Waals surface area contributed by atoms with E-state index in [2.05, 4.69) is 10.3 Å². The zero-order valence-corrected chi connectivity index (χ0v) is 10.1. The molecule has 1 aromatic heterocycles. The van der Waals surface area contributed by atoms with Gasteiger partial charge in [-0.25, -0.2) is 0 Å². The van der Waals surface area contributed by atoms with Crippen molar-refractivity contribution in [1.82, 2.24) is 10.3 Å². The number of nitrogens with one attached hydrogen (secondary N) is 2. The van der Waals surface area contributed by atoms with E-state index in [1.54, 1.807) is 12.1 Å². The summed E-state index contributed by atoms with van der Waals surface area (Å²) in [5, 5.41) is 22.1. The van der Waals surface area contributed by atoms with Gasteiger partial charge in [0.25, 0.3) is 5.91 Å². The second-order valence-electron chi connectivity index (χ2n) is 4.62. The Morgan fingerprint density at radius 2 is 2.22 bits per heavy atom. The van der Waals surface area contributed by atoms with Crippen molar-refractivity contribution in [2.24, 2.45) is 0 Å². The summed E-state index contributed by atoms with van der Waals surface area (Å²) >= 11 is 0. The summed E-state index contributed by atoms with van der Waals surface area (Å²) in [4.78, 5) is 14.9. The van der Waals surface area contributed by atoms with Crippen molar-refractivity contribution in [3.63, 3.8) is 0 Å². The number of fused-ring (bicyclic) bond motifs is 1. The number of carbonyl (C=O) groups is 1. The van der Waals surface area contributed by atoms with Crippen LogP contribution < -0.4 is 5.32 Å². The van der Waals surface area contributed by atoms with Gasteiger partial charge in [-0.15, -0.1) is 0 Å². The van der Waals surface area contributed by atoms with Crippen molar-refractivity contribution in [1.29, 1.82) is 0 Å². The highest BCUT2D eigenvalue weighted by atomic mass is 16.3. The second-order valence-corrected chi connectivity index (χ2v) is 4.62. The maximum Gasteiger partial charge on any atom is 0.251 e. The smallest absolute Gasteiger partial charge is 0.251 e. The second kappa shape index (κ2) is 4.80. The van der Waals surface area contributed by atoms with Gasteiger partial charge in [-0.1, -0.05) is 6.07 Å². The Morgan fingerprint density at radius 3 is 2.94 bits per heavy atom. The molecule has 18 heavy (non-hydrogen) atoms. The summed E-state index contributed by atoms with van der Waals surface area (Å²) in [5.41, 5.74) is 0.0990. The van der Waals surface area contributed by atoms with E-state index >= 15 is 0 Å². The number of rotatable bonds is 4. The number of carbonyl (C=O) groups excluding carboxylic acids is 1. The summed E-state index contributed by atoms with van der Waals surface area (Å²) in [6.07, 6.45) is 1.81. The van der Waals surface area contributed by atoms with Gasteiger partial charge in [-0.3, -0.25) is 4.79 Å². The minimum absolute atomic E-state index is 0.00506. The molecule has 5 nitrogen and oxygen atoms in total. The fourth-order valence-electron chi connectivity index (χ4n) is 1.62. The summed E-state index contributed by atoms with van der Waals surface area (Å²) in [6, 6.07) is 7.25. The van der Waals surface area contributed by atoms with Crippen LogP contribution in [0.1, 0.15) is 17.3 Å². The molecule has 96 valence electrons. The molecule has 4 N–H and O–H groups in total. The molecule has 5 heteroatoms. The van der Waals surface area contributed by atoms with Crippen LogP contribution in [0.5, 0.6) is 0 Å². The largest absolute Gasteiger partial charge is 0.393 e. The number of aromatic nitrogens is 1. The Bertz CT molecular complexity index is 560. The van der Waals surface area contributed by atoms with Gasteiger partial charge in [-0.2, -0.15) is 0 Å². The van der Waals surface area contributed by atoms with Gasteiger partial charge in [0, 0.05) is 23.8 Å². The van der Waals surface area contributed by atoms with E-state index in [9.17, 15) is 9.90 Å². The Hall–Kier alpha value is -1.85. The molecule has 2 rings (SSSR count). The van der Waals surface area contributed by atoms with Crippen molar-refractivity contribution in [2.75, 3.05) is 13.2 Å². The average molecular weight is 248 g/mol. The Labute approximate surface area is 104 Å². The zero-order chi connectivity index (χ0) is 13.2. The summed E-state index contributed by atoms with van der Waals surface area (Å²) in [7, 11) is 0. The van der Waals surface area contributed by atoms with Gasteiger partial charge in [-0.05, 0) is 30.5 Å². The third-order valence-electron chi connectivity index (χ3n) is 2.79. The van der Waals surface area contributed by atoms with Gasteiger partial charge in [0.2, 0.25) is 0 Å². The van der Waals surface area contributed by atoms with Gasteiger partial charge < -0.3 is 20.5 Å². The molecule has 0 bridgehead atoms. The molecule has 1 heterocycles. The third-order valence-corrected chi connectivity index (χ3v) is 2.79. The molecule has 0 saturated carbocycles. The van der Waals surface area contributed by atoms with Gasteiger partial charge in [0.05, 0.1) is 6.61 Å².